The van der Waals surface area contributed by atoms with Crippen molar-refractivity contribution in [2.24, 2.45) is 0 Å². The second-order valence-corrected chi connectivity index (χ2v) is 8.23. The molecule has 0 unspecified atom stereocenters. The predicted molar refractivity (Wildman–Crippen MR) is 136 cm³/mol. The van der Waals surface area contributed by atoms with Gasteiger partial charge in [-0.1, -0.05) is 6.07 Å². The number of fused-ring (bicyclic) bond motifs is 1. The fourth-order valence-electron chi connectivity index (χ4n) is 4.00. The zero-order chi connectivity index (χ0) is 25.8. The number of ether oxygens (including phenoxy) is 2. The molecule has 0 atom stereocenters. The van der Waals surface area contributed by atoms with Gasteiger partial charge in [0.2, 0.25) is 5.88 Å². The third-order valence-corrected chi connectivity index (χ3v) is 5.91. The van der Waals surface area contributed by atoms with Crippen LogP contribution in [0.2, 0.25) is 0 Å². The molecule has 5 aromatic rings. The Labute approximate surface area is 212 Å². The van der Waals surface area contributed by atoms with E-state index in [1.54, 1.807) is 57.1 Å². The number of benzene rings is 2. The molecule has 2 aromatic carbocycles. The number of H-pyrrole nitrogens is 1. The number of phenols is 1. The number of rotatable bonds is 9. The summed E-state index contributed by atoms with van der Waals surface area (Å²) in [6.07, 6.45) is 3.26. The summed E-state index contributed by atoms with van der Waals surface area (Å²) in [4.78, 5) is 24.9. The number of nitrogens with zero attached hydrogens (tertiary/aromatic N) is 5. The predicted octanol–water partition coefficient (Wildman–Crippen LogP) is 3.17. The van der Waals surface area contributed by atoms with Gasteiger partial charge < -0.3 is 29.4 Å². The first-order valence-corrected chi connectivity index (χ1v) is 11.5. The van der Waals surface area contributed by atoms with Crippen LogP contribution in [-0.4, -0.2) is 61.6 Å². The van der Waals surface area contributed by atoms with E-state index in [-0.39, 0.29) is 18.2 Å². The molecule has 0 fully saturated rings. The third kappa shape index (κ3) is 4.98. The Morgan fingerprint density at radius 1 is 1.14 bits per heavy atom. The molecule has 11 heteroatoms. The van der Waals surface area contributed by atoms with E-state index < -0.39 is 0 Å². The number of methoxy groups -OCH3 is 2. The Hall–Kier alpha value is -4.77. The van der Waals surface area contributed by atoms with Gasteiger partial charge in [0.15, 0.2) is 5.82 Å². The van der Waals surface area contributed by atoms with E-state index in [2.05, 4.69) is 30.5 Å². The average molecular weight is 500 g/mol. The van der Waals surface area contributed by atoms with Crippen LogP contribution in [0, 0.1) is 0 Å². The maximum atomic E-state index is 12.8. The van der Waals surface area contributed by atoms with E-state index in [1.165, 1.54) is 0 Å². The summed E-state index contributed by atoms with van der Waals surface area (Å²) in [5.41, 5.74) is 3.91. The number of hydrogen-bond donors (Lipinski definition) is 3. The van der Waals surface area contributed by atoms with E-state index in [4.69, 9.17) is 9.47 Å². The van der Waals surface area contributed by atoms with Crippen molar-refractivity contribution in [2.45, 2.75) is 13.1 Å². The van der Waals surface area contributed by atoms with Crippen LogP contribution in [0.15, 0.2) is 61.1 Å². The number of aromatic nitrogens is 6. The lowest BCUT2D eigenvalue weighted by Gasteiger charge is -2.09. The van der Waals surface area contributed by atoms with Gasteiger partial charge in [-0.05, 0) is 48.0 Å². The average Bonchev–Trinajstić information content (AvgIpc) is 3.56. The monoisotopic (exact) mass is 499 g/mol. The van der Waals surface area contributed by atoms with Gasteiger partial charge in [-0.25, -0.2) is 9.97 Å². The van der Waals surface area contributed by atoms with Crippen molar-refractivity contribution in [3.05, 3.63) is 72.4 Å². The van der Waals surface area contributed by atoms with Crippen molar-refractivity contribution < 1.29 is 19.4 Å². The number of carbonyl (C=O) groups excluding carboxylic acids is 1. The first-order valence-electron chi connectivity index (χ1n) is 11.5. The smallest absolute Gasteiger partial charge is 0.251 e. The molecule has 0 aliphatic heterocycles. The number of carbonyl (C=O) groups is 1. The number of aromatic amines is 1. The molecule has 5 rings (SSSR count). The van der Waals surface area contributed by atoms with Crippen molar-refractivity contribution in [3.63, 3.8) is 0 Å². The molecule has 3 heterocycles. The number of phenolic OH excluding ortho intramolecular Hbond substituents is 1. The van der Waals surface area contributed by atoms with E-state index in [9.17, 15) is 9.90 Å². The van der Waals surface area contributed by atoms with Gasteiger partial charge in [0.25, 0.3) is 5.91 Å². The molecule has 0 bridgehead atoms. The zero-order valence-corrected chi connectivity index (χ0v) is 20.3. The number of hydrogen-bond acceptors (Lipinski definition) is 8. The number of imidazole rings is 1. The lowest BCUT2D eigenvalue weighted by molar-refractivity contribution is 0.0949. The van der Waals surface area contributed by atoms with E-state index in [0.717, 1.165) is 11.1 Å². The largest absolute Gasteiger partial charge is 0.507 e. The van der Waals surface area contributed by atoms with Crippen molar-refractivity contribution in [2.75, 3.05) is 20.8 Å². The summed E-state index contributed by atoms with van der Waals surface area (Å²) in [6, 6.07) is 14.1. The Morgan fingerprint density at radius 2 is 2.03 bits per heavy atom. The van der Waals surface area contributed by atoms with Crippen molar-refractivity contribution in [1.29, 1.82) is 0 Å². The lowest BCUT2D eigenvalue weighted by Crippen LogP contribution is -2.25. The lowest BCUT2D eigenvalue weighted by atomic mass is 10.0. The van der Waals surface area contributed by atoms with E-state index >= 15 is 0 Å². The van der Waals surface area contributed by atoms with Crippen LogP contribution in [-0.2, 0) is 17.8 Å². The minimum atomic E-state index is -0.257. The topological polar surface area (TPSA) is 140 Å². The van der Waals surface area contributed by atoms with Crippen molar-refractivity contribution in [3.8, 4) is 34.1 Å². The summed E-state index contributed by atoms with van der Waals surface area (Å²) in [7, 11) is 3.19. The maximum Gasteiger partial charge on any atom is 0.251 e. The van der Waals surface area contributed by atoms with Crippen LogP contribution in [0.1, 0.15) is 16.2 Å². The van der Waals surface area contributed by atoms with Crippen LogP contribution < -0.4 is 10.1 Å². The summed E-state index contributed by atoms with van der Waals surface area (Å²) >= 11 is 0. The summed E-state index contributed by atoms with van der Waals surface area (Å²) in [5.74, 6) is 1.40. The first-order chi connectivity index (χ1) is 18.1. The molecule has 0 aliphatic rings. The molecule has 0 saturated heterocycles. The summed E-state index contributed by atoms with van der Waals surface area (Å²) in [5, 5.41) is 21.4. The Morgan fingerprint density at radius 3 is 2.86 bits per heavy atom. The molecule has 0 aliphatic carbocycles. The first kappa shape index (κ1) is 23.9. The van der Waals surface area contributed by atoms with E-state index in [1.807, 2.05) is 22.8 Å². The molecule has 3 aromatic heterocycles. The molecule has 0 spiro atoms. The van der Waals surface area contributed by atoms with E-state index in [0.29, 0.717) is 52.8 Å². The van der Waals surface area contributed by atoms with Crippen molar-refractivity contribution in [1.82, 2.24) is 35.0 Å². The highest BCUT2D eigenvalue weighted by molar-refractivity contribution is 5.97. The van der Waals surface area contributed by atoms with Crippen molar-refractivity contribution >= 4 is 16.9 Å². The summed E-state index contributed by atoms with van der Waals surface area (Å²) in [6.45, 7) is 1.35. The van der Waals surface area contributed by atoms with Crippen LogP contribution in [0.25, 0.3) is 33.5 Å². The highest BCUT2D eigenvalue weighted by Crippen LogP contribution is 2.35. The Balaban J connectivity index is 1.38. The molecule has 37 heavy (non-hydrogen) atoms. The fourth-order valence-corrected chi connectivity index (χ4v) is 4.00. The minimum Gasteiger partial charge on any atom is -0.507 e. The van der Waals surface area contributed by atoms with Gasteiger partial charge in [-0.3, -0.25) is 4.79 Å². The molecule has 11 nitrogen and oxygen atoms in total. The van der Waals surface area contributed by atoms with Gasteiger partial charge in [-0.2, -0.15) is 0 Å². The van der Waals surface area contributed by atoms with Crippen LogP contribution in [0.5, 0.6) is 11.6 Å². The molecule has 3 N–H and O–H groups in total. The molecule has 0 radical (unpaired) electrons. The minimum absolute atomic E-state index is 0.0706. The molecular formula is C26H25N7O4. The number of nitrogens with one attached hydrogen (secondary N) is 2. The van der Waals surface area contributed by atoms with Gasteiger partial charge in [0.1, 0.15) is 17.9 Å². The van der Waals surface area contributed by atoms with Gasteiger partial charge in [-0.15, -0.1) is 10.2 Å². The van der Waals surface area contributed by atoms with Crippen LogP contribution in [0.4, 0.5) is 0 Å². The number of amides is 1. The Bertz CT molecular complexity index is 1560. The normalized spacial score (nSPS) is 11.1. The quantitative estimate of drug-likeness (QED) is 0.281. The molecule has 0 saturated carbocycles. The second kappa shape index (κ2) is 10.5. The third-order valence-electron chi connectivity index (χ3n) is 5.91. The Kier molecular flexibility index (Phi) is 6.77. The van der Waals surface area contributed by atoms with Gasteiger partial charge in [0, 0.05) is 31.0 Å². The highest BCUT2D eigenvalue weighted by atomic mass is 16.5. The number of aromatic hydroxyl groups is 1. The van der Waals surface area contributed by atoms with Crippen LogP contribution in [0.3, 0.4) is 0 Å². The highest BCUT2D eigenvalue weighted by Gasteiger charge is 2.15. The molecule has 188 valence electrons. The van der Waals surface area contributed by atoms with Crippen LogP contribution >= 0.6 is 0 Å². The standard InChI is InChI=1S/C26H25N7O4/c1-36-11-10-33-15-29-32-23(33)14-28-25(35)17-5-7-20-21(13-17)31-24(30-20)19-12-16(6-8-22(19)34)18-4-3-9-27-26(18)37-2/h3-9,12-13,15,34H,10-11,14H2,1-2H3,(H,28,35)(H,30,31). The van der Waals surface area contributed by atoms with Gasteiger partial charge in [0.05, 0.1) is 36.9 Å². The summed E-state index contributed by atoms with van der Waals surface area (Å²) < 4.78 is 12.3. The second-order valence-electron chi connectivity index (χ2n) is 8.23. The van der Waals surface area contributed by atoms with Gasteiger partial charge >= 0.3 is 0 Å². The molecular weight excluding hydrogens is 474 g/mol. The SMILES string of the molecule is COCCn1cnnc1CNC(=O)c1ccc2nc(-c3cc(-c4cccnc4OC)ccc3O)[nH]c2c1. The number of pyridine rings is 1. The fraction of sp³-hybridized carbons (Fsp3) is 0.192. The zero-order valence-electron chi connectivity index (χ0n) is 20.3. The maximum absolute atomic E-state index is 12.8. The molecule has 1 amide bonds.